The third kappa shape index (κ3) is 2.34. The van der Waals surface area contributed by atoms with Crippen LogP contribution in [0.1, 0.15) is 16.3 Å². The summed E-state index contributed by atoms with van der Waals surface area (Å²) in [6, 6.07) is 0. The van der Waals surface area contributed by atoms with Crippen molar-refractivity contribution in [2.24, 2.45) is 7.05 Å². The summed E-state index contributed by atoms with van der Waals surface area (Å²) in [5, 5.41) is 4.09. The second-order valence-corrected chi connectivity index (χ2v) is 3.89. The van der Waals surface area contributed by atoms with Crippen LogP contribution in [0.15, 0.2) is 18.6 Å². The van der Waals surface area contributed by atoms with Crippen molar-refractivity contribution in [1.82, 2.24) is 19.3 Å². The van der Waals surface area contributed by atoms with Gasteiger partial charge in [0, 0.05) is 38.6 Å². The highest BCUT2D eigenvalue weighted by molar-refractivity contribution is 5.92. The van der Waals surface area contributed by atoms with Crippen LogP contribution in [0.2, 0.25) is 0 Å². The SMILES string of the molecule is COC(=O)c1nn(CCc2nccn2C)cc1N. The van der Waals surface area contributed by atoms with Gasteiger partial charge in [0.15, 0.2) is 5.69 Å². The fraction of sp³-hybridized carbons (Fsp3) is 0.364. The number of nitrogens with two attached hydrogens (primary N) is 1. The highest BCUT2D eigenvalue weighted by atomic mass is 16.5. The summed E-state index contributed by atoms with van der Waals surface area (Å²) in [5.41, 5.74) is 6.16. The van der Waals surface area contributed by atoms with Crippen LogP contribution in [0.5, 0.6) is 0 Å². The molecule has 0 spiro atoms. The van der Waals surface area contributed by atoms with Crippen LogP contribution in [-0.2, 0) is 24.8 Å². The summed E-state index contributed by atoms with van der Waals surface area (Å²) in [7, 11) is 3.23. The van der Waals surface area contributed by atoms with Crippen molar-refractivity contribution in [2.45, 2.75) is 13.0 Å². The van der Waals surface area contributed by atoms with Crippen LogP contribution >= 0.6 is 0 Å². The zero-order valence-electron chi connectivity index (χ0n) is 10.3. The molecule has 0 bridgehead atoms. The molecule has 0 saturated heterocycles. The quantitative estimate of drug-likeness (QED) is 0.783. The van der Waals surface area contributed by atoms with E-state index in [2.05, 4.69) is 14.8 Å². The summed E-state index contributed by atoms with van der Waals surface area (Å²) in [4.78, 5) is 15.6. The molecule has 0 unspecified atom stereocenters. The minimum Gasteiger partial charge on any atom is -0.464 e. The maximum atomic E-state index is 11.3. The number of ether oxygens (including phenoxy) is 1. The molecular formula is C11H15N5O2. The number of anilines is 1. The maximum absolute atomic E-state index is 11.3. The number of carbonyl (C=O) groups excluding carboxylic acids is 1. The summed E-state index contributed by atoms with van der Waals surface area (Å²) < 4.78 is 8.15. The third-order valence-electron chi connectivity index (χ3n) is 2.65. The first-order valence-electron chi connectivity index (χ1n) is 5.49. The first kappa shape index (κ1) is 12.2. The number of hydrogen-bond acceptors (Lipinski definition) is 5. The van der Waals surface area contributed by atoms with Crippen LogP contribution in [0.4, 0.5) is 5.69 Å². The molecular weight excluding hydrogens is 234 g/mol. The predicted molar refractivity (Wildman–Crippen MR) is 64.9 cm³/mol. The van der Waals surface area contributed by atoms with Gasteiger partial charge in [-0.1, -0.05) is 0 Å². The fourth-order valence-electron chi connectivity index (χ4n) is 1.66. The molecule has 2 heterocycles. The molecule has 0 aromatic carbocycles. The Bertz CT molecular complexity index is 558. The minimum absolute atomic E-state index is 0.150. The van der Waals surface area contributed by atoms with E-state index in [1.165, 1.54) is 7.11 Å². The van der Waals surface area contributed by atoms with E-state index in [1.807, 2.05) is 17.8 Å². The van der Waals surface area contributed by atoms with E-state index in [1.54, 1.807) is 17.1 Å². The second kappa shape index (κ2) is 4.91. The number of nitrogens with zero attached hydrogens (tertiary/aromatic N) is 4. The Labute approximate surface area is 104 Å². The number of hydrogen-bond donors (Lipinski definition) is 1. The van der Waals surface area contributed by atoms with E-state index in [-0.39, 0.29) is 5.69 Å². The third-order valence-corrected chi connectivity index (χ3v) is 2.65. The number of nitrogen functional groups attached to an aromatic ring is 1. The molecule has 2 N–H and O–H groups in total. The average Bonchev–Trinajstić information content (AvgIpc) is 2.92. The Hall–Kier alpha value is -2.31. The van der Waals surface area contributed by atoms with Gasteiger partial charge in [0.05, 0.1) is 12.8 Å². The first-order chi connectivity index (χ1) is 8.61. The van der Waals surface area contributed by atoms with Gasteiger partial charge in [0.1, 0.15) is 5.82 Å². The lowest BCUT2D eigenvalue weighted by molar-refractivity contribution is 0.0594. The summed E-state index contributed by atoms with van der Waals surface area (Å²) in [6.45, 7) is 0.603. The second-order valence-electron chi connectivity index (χ2n) is 3.89. The van der Waals surface area contributed by atoms with E-state index in [4.69, 9.17) is 5.73 Å². The predicted octanol–water partition coefficient (Wildman–Crippen LogP) is 0.228. The topological polar surface area (TPSA) is 88.0 Å². The van der Waals surface area contributed by atoms with Gasteiger partial charge in [0.2, 0.25) is 0 Å². The lowest BCUT2D eigenvalue weighted by Crippen LogP contribution is -2.08. The normalized spacial score (nSPS) is 10.6. The molecule has 0 atom stereocenters. The van der Waals surface area contributed by atoms with Crippen molar-refractivity contribution in [2.75, 3.05) is 12.8 Å². The monoisotopic (exact) mass is 249 g/mol. The lowest BCUT2D eigenvalue weighted by Gasteiger charge is -2.01. The van der Waals surface area contributed by atoms with E-state index in [0.717, 1.165) is 5.82 Å². The number of aromatic nitrogens is 4. The number of methoxy groups -OCH3 is 1. The highest BCUT2D eigenvalue weighted by Gasteiger charge is 2.15. The first-order valence-corrected chi connectivity index (χ1v) is 5.49. The molecule has 0 aliphatic rings. The zero-order chi connectivity index (χ0) is 13.1. The van der Waals surface area contributed by atoms with E-state index in [9.17, 15) is 4.79 Å². The molecule has 7 nitrogen and oxygen atoms in total. The molecule has 2 aromatic rings. The molecule has 96 valence electrons. The summed E-state index contributed by atoms with van der Waals surface area (Å²) in [5.74, 6) is 0.423. The van der Waals surface area contributed by atoms with Gasteiger partial charge < -0.3 is 15.0 Å². The van der Waals surface area contributed by atoms with Crippen LogP contribution in [0.3, 0.4) is 0 Å². The van der Waals surface area contributed by atoms with Gasteiger partial charge in [0.25, 0.3) is 0 Å². The molecule has 0 aliphatic heterocycles. The van der Waals surface area contributed by atoms with Crippen LogP contribution in [0, 0.1) is 0 Å². The van der Waals surface area contributed by atoms with Gasteiger partial charge in [-0.2, -0.15) is 5.10 Å². The number of aryl methyl sites for hydroxylation is 3. The van der Waals surface area contributed by atoms with Gasteiger partial charge in [-0.3, -0.25) is 4.68 Å². The van der Waals surface area contributed by atoms with Crippen molar-refractivity contribution in [1.29, 1.82) is 0 Å². The Kier molecular flexibility index (Phi) is 3.31. The minimum atomic E-state index is -0.525. The largest absolute Gasteiger partial charge is 0.464 e. The van der Waals surface area contributed by atoms with Crippen molar-refractivity contribution >= 4 is 11.7 Å². The highest BCUT2D eigenvalue weighted by Crippen LogP contribution is 2.10. The maximum Gasteiger partial charge on any atom is 0.360 e. The van der Waals surface area contributed by atoms with Crippen molar-refractivity contribution in [3.63, 3.8) is 0 Å². The van der Waals surface area contributed by atoms with Gasteiger partial charge in [-0.25, -0.2) is 9.78 Å². The molecule has 18 heavy (non-hydrogen) atoms. The number of esters is 1. The molecule has 0 fully saturated rings. The van der Waals surface area contributed by atoms with Crippen LogP contribution in [-0.4, -0.2) is 32.4 Å². The number of rotatable bonds is 4. The van der Waals surface area contributed by atoms with Crippen molar-refractivity contribution in [3.05, 3.63) is 30.1 Å². The number of imidazole rings is 1. The average molecular weight is 249 g/mol. The molecule has 2 aromatic heterocycles. The lowest BCUT2D eigenvalue weighted by atomic mass is 10.4. The molecule has 7 heteroatoms. The van der Waals surface area contributed by atoms with E-state index >= 15 is 0 Å². The standard InChI is InChI=1S/C11H15N5O2/c1-15-6-4-13-9(15)3-5-16-7-8(12)10(14-16)11(17)18-2/h4,6-7H,3,5,12H2,1-2H3. The van der Waals surface area contributed by atoms with Crippen LogP contribution in [0.25, 0.3) is 0 Å². The van der Waals surface area contributed by atoms with Crippen LogP contribution < -0.4 is 5.73 Å². The molecule has 0 radical (unpaired) electrons. The Balaban J connectivity index is 2.07. The molecule has 0 aliphatic carbocycles. The number of carbonyl (C=O) groups is 1. The van der Waals surface area contributed by atoms with Gasteiger partial charge >= 0.3 is 5.97 Å². The Morgan fingerprint density at radius 2 is 2.33 bits per heavy atom. The zero-order valence-corrected chi connectivity index (χ0v) is 10.3. The summed E-state index contributed by atoms with van der Waals surface area (Å²) in [6.07, 6.45) is 5.96. The van der Waals surface area contributed by atoms with Gasteiger partial charge in [-0.15, -0.1) is 0 Å². The fourth-order valence-corrected chi connectivity index (χ4v) is 1.66. The molecule has 2 rings (SSSR count). The Morgan fingerprint density at radius 3 is 2.94 bits per heavy atom. The van der Waals surface area contributed by atoms with Crippen molar-refractivity contribution in [3.8, 4) is 0 Å². The Morgan fingerprint density at radius 1 is 1.56 bits per heavy atom. The van der Waals surface area contributed by atoms with E-state index in [0.29, 0.717) is 18.7 Å². The molecule has 0 amide bonds. The summed E-state index contributed by atoms with van der Waals surface area (Å²) >= 11 is 0. The van der Waals surface area contributed by atoms with E-state index < -0.39 is 5.97 Å². The van der Waals surface area contributed by atoms with Crippen molar-refractivity contribution < 1.29 is 9.53 Å². The smallest absolute Gasteiger partial charge is 0.360 e. The molecule has 0 saturated carbocycles. The van der Waals surface area contributed by atoms with Gasteiger partial charge in [-0.05, 0) is 0 Å².